The SMILES string of the molecule is Fc1ccc(Nc2cccc(CCCCl)c2)nc1. The van der Waals surface area contributed by atoms with Crippen LogP contribution in [0.15, 0.2) is 42.6 Å². The van der Waals surface area contributed by atoms with Crippen LogP contribution >= 0.6 is 11.6 Å². The molecule has 1 aromatic heterocycles. The summed E-state index contributed by atoms with van der Waals surface area (Å²) in [4.78, 5) is 3.96. The minimum Gasteiger partial charge on any atom is -0.340 e. The van der Waals surface area contributed by atoms with Gasteiger partial charge in [0, 0.05) is 11.6 Å². The summed E-state index contributed by atoms with van der Waals surface area (Å²) in [5.74, 6) is 0.958. The highest BCUT2D eigenvalue weighted by Crippen LogP contribution is 2.17. The van der Waals surface area contributed by atoms with Crippen molar-refractivity contribution in [2.45, 2.75) is 12.8 Å². The molecule has 0 amide bonds. The Morgan fingerprint density at radius 2 is 2.11 bits per heavy atom. The van der Waals surface area contributed by atoms with E-state index < -0.39 is 0 Å². The number of anilines is 2. The number of hydrogen-bond donors (Lipinski definition) is 1. The zero-order valence-corrected chi connectivity index (χ0v) is 10.6. The van der Waals surface area contributed by atoms with Gasteiger partial charge in [0.05, 0.1) is 6.20 Å². The van der Waals surface area contributed by atoms with Crippen LogP contribution < -0.4 is 5.32 Å². The van der Waals surface area contributed by atoms with Crippen LogP contribution in [-0.4, -0.2) is 10.9 Å². The van der Waals surface area contributed by atoms with E-state index in [2.05, 4.69) is 22.4 Å². The molecule has 1 heterocycles. The molecule has 94 valence electrons. The van der Waals surface area contributed by atoms with E-state index >= 15 is 0 Å². The standard InChI is InChI=1S/C14H14ClFN2/c15-8-2-4-11-3-1-5-13(9-11)18-14-7-6-12(16)10-17-14/h1,3,5-7,9-10H,2,4,8H2,(H,17,18). The number of benzene rings is 1. The zero-order valence-electron chi connectivity index (χ0n) is 9.87. The second kappa shape index (κ2) is 6.36. The normalized spacial score (nSPS) is 10.3. The van der Waals surface area contributed by atoms with Gasteiger partial charge in [0.2, 0.25) is 0 Å². The molecule has 0 fully saturated rings. The van der Waals surface area contributed by atoms with E-state index in [1.807, 2.05) is 12.1 Å². The third-order valence-electron chi connectivity index (χ3n) is 2.53. The first-order valence-corrected chi connectivity index (χ1v) is 6.35. The minimum absolute atomic E-state index is 0.337. The number of hydrogen-bond acceptors (Lipinski definition) is 2. The molecule has 0 aliphatic rings. The number of rotatable bonds is 5. The molecule has 2 nitrogen and oxygen atoms in total. The number of halogens is 2. The Morgan fingerprint density at radius 3 is 2.83 bits per heavy atom. The van der Waals surface area contributed by atoms with Crippen molar-refractivity contribution < 1.29 is 4.39 Å². The van der Waals surface area contributed by atoms with Crippen molar-refractivity contribution in [1.29, 1.82) is 0 Å². The molecule has 2 aromatic rings. The Labute approximate surface area is 111 Å². The lowest BCUT2D eigenvalue weighted by Crippen LogP contribution is -1.95. The minimum atomic E-state index is -0.337. The summed E-state index contributed by atoms with van der Waals surface area (Å²) >= 11 is 5.67. The number of nitrogens with one attached hydrogen (secondary N) is 1. The zero-order chi connectivity index (χ0) is 12.8. The Balaban J connectivity index is 2.06. The molecule has 0 atom stereocenters. The maximum Gasteiger partial charge on any atom is 0.141 e. The molecule has 0 saturated heterocycles. The average Bonchev–Trinajstić information content (AvgIpc) is 2.40. The van der Waals surface area contributed by atoms with E-state index in [9.17, 15) is 4.39 Å². The molecule has 18 heavy (non-hydrogen) atoms. The molecule has 1 N–H and O–H groups in total. The summed E-state index contributed by atoms with van der Waals surface area (Å²) in [5.41, 5.74) is 2.17. The Bertz CT molecular complexity index is 499. The van der Waals surface area contributed by atoms with Crippen LogP contribution in [0.25, 0.3) is 0 Å². The van der Waals surface area contributed by atoms with Gasteiger partial charge in [0.25, 0.3) is 0 Å². The van der Waals surface area contributed by atoms with Crippen LogP contribution in [0.3, 0.4) is 0 Å². The lowest BCUT2D eigenvalue weighted by atomic mass is 10.1. The smallest absolute Gasteiger partial charge is 0.141 e. The third-order valence-corrected chi connectivity index (χ3v) is 2.79. The highest BCUT2D eigenvalue weighted by atomic mass is 35.5. The van der Waals surface area contributed by atoms with Crippen molar-refractivity contribution in [1.82, 2.24) is 4.98 Å². The van der Waals surface area contributed by atoms with Crippen LogP contribution in [0.1, 0.15) is 12.0 Å². The summed E-state index contributed by atoms with van der Waals surface area (Å²) in [6, 6.07) is 11.0. The molecular weight excluding hydrogens is 251 g/mol. The largest absolute Gasteiger partial charge is 0.340 e. The number of aryl methyl sites for hydroxylation is 1. The van der Waals surface area contributed by atoms with Gasteiger partial charge >= 0.3 is 0 Å². The number of pyridine rings is 1. The van der Waals surface area contributed by atoms with E-state index in [4.69, 9.17) is 11.6 Å². The van der Waals surface area contributed by atoms with Crippen LogP contribution in [-0.2, 0) is 6.42 Å². The summed E-state index contributed by atoms with van der Waals surface area (Å²) in [7, 11) is 0. The van der Waals surface area contributed by atoms with Gasteiger partial charge < -0.3 is 5.32 Å². The summed E-state index contributed by atoms with van der Waals surface area (Å²) in [6.07, 6.45) is 3.11. The summed E-state index contributed by atoms with van der Waals surface area (Å²) in [6.45, 7) is 0. The quantitative estimate of drug-likeness (QED) is 0.821. The number of alkyl halides is 1. The highest BCUT2D eigenvalue weighted by Gasteiger charge is 1.98. The van der Waals surface area contributed by atoms with Crippen molar-refractivity contribution in [2.75, 3.05) is 11.2 Å². The molecular formula is C14H14ClFN2. The van der Waals surface area contributed by atoms with Gasteiger partial charge in [-0.2, -0.15) is 0 Å². The predicted octanol–water partition coefficient (Wildman–Crippen LogP) is 4.14. The molecule has 0 bridgehead atoms. The molecule has 0 radical (unpaired) electrons. The molecule has 0 spiro atoms. The number of aromatic nitrogens is 1. The Hall–Kier alpha value is -1.61. The van der Waals surface area contributed by atoms with Crippen molar-refractivity contribution in [3.63, 3.8) is 0 Å². The van der Waals surface area contributed by atoms with E-state index in [0.29, 0.717) is 11.7 Å². The maximum absolute atomic E-state index is 12.7. The average molecular weight is 265 g/mol. The van der Waals surface area contributed by atoms with Crippen LogP contribution in [0.5, 0.6) is 0 Å². The molecule has 0 saturated carbocycles. The van der Waals surface area contributed by atoms with Crippen molar-refractivity contribution in [3.8, 4) is 0 Å². The van der Waals surface area contributed by atoms with Crippen LogP contribution in [0.2, 0.25) is 0 Å². The van der Waals surface area contributed by atoms with Gasteiger partial charge in [0.1, 0.15) is 11.6 Å². The Morgan fingerprint density at radius 1 is 1.22 bits per heavy atom. The summed E-state index contributed by atoms with van der Waals surface area (Å²) < 4.78 is 12.7. The molecule has 2 rings (SSSR count). The third kappa shape index (κ3) is 3.70. The highest BCUT2D eigenvalue weighted by molar-refractivity contribution is 6.17. The van der Waals surface area contributed by atoms with Crippen LogP contribution in [0.4, 0.5) is 15.9 Å². The first kappa shape index (κ1) is 12.8. The van der Waals surface area contributed by atoms with Gasteiger partial charge in [-0.1, -0.05) is 12.1 Å². The fraction of sp³-hybridized carbons (Fsp3) is 0.214. The van der Waals surface area contributed by atoms with Crippen molar-refractivity contribution in [2.24, 2.45) is 0 Å². The van der Waals surface area contributed by atoms with Gasteiger partial charge in [-0.05, 0) is 42.7 Å². The van der Waals surface area contributed by atoms with E-state index in [1.54, 1.807) is 6.07 Å². The number of nitrogens with zero attached hydrogens (tertiary/aromatic N) is 1. The van der Waals surface area contributed by atoms with Crippen LogP contribution in [0, 0.1) is 5.82 Å². The van der Waals surface area contributed by atoms with Gasteiger partial charge in [-0.15, -0.1) is 11.6 Å². The second-order valence-corrected chi connectivity index (χ2v) is 4.36. The first-order valence-electron chi connectivity index (χ1n) is 5.81. The summed E-state index contributed by atoms with van der Waals surface area (Å²) in [5, 5.41) is 3.14. The van der Waals surface area contributed by atoms with Gasteiger partial charge in [0.15, 0.2) is 0 Å². The maximum atomic E-state index is 12.7. The van der Waals surface area contributed by atoms with E-state index in [-0.39, 0.29) is 5.82 Å². The van der Waals surface area contributed by atoms with Gasteiger partial charge in [-0.25, -0.2) is 9.37 Å². The fourth-order valence-corrected chi connectivity index (χ4v) is 1.81. The van der Waals surface area contributed by atoms with E-state index in [1.165, 1.54) is 17.8 Å². The molecule has 0 aliphatic carbocycles. The Kier molecular flexibility index (Phi) is 4.53. The molecule has 4 heteroatoms. The monoisotopic (exact) mass is 264 g/mol. The lowest BCUT2D eigenvalue weighted by molar-refractivity contribution is 0.622. The van der Waals surface area contributed by atoms with Crippen molar-refractivity contribution in [3.05, 3.63) is 54.0 Å². The molecule has 1 aromatic carbocycles. The molecule has 0 aliphatic heterocycles. The van der Waals surface area contributed by atoms with Gasteiger partial charge in [-0.3, -0.25) is 0 Å². The lowest BCUT2D eigenvalue weighted by Gasteiger charge is -2.07. The first-order chi connectivity index (χ1) is 8.78. The van der Waals surface area contributed by atoms with E-state index in [0.717, 1.165) is 18.5 Å². The fourth-order valence-electron chi connectivity index (χ4n) is 1.67. The predicted molar refractivity (Wildman–Crippen MR) is 73.0 cm³/mol. The second-order valence-electron chi connectivity index (χ2n) is 3.98. The topological polar surface area (TPSA) is 24.9 Å². The molecule has 0 unspecified atom stereocenters. The van der Waals surface area contributed by atoms with Crippen molar-refractivity contribution >= 4 is 23.1 Å².